The number of benzene rings is 2. The first-order chi connectivity index (χ1) is 18.4. The Morgan fingerprint density at radius 3 is 2.26 bits per heavy atom. The summed E-state index contributed by atoms with van der Waals surface area (Å²) in [6.45, 7) is 1.93. The number of methoxy groups -OCH3 is 3. The number of amides is 1. The third kappa shape index (κ3) is 4.59. The van der Waals surface area contributed by atoms with Gasteiger partial charge in [0, 0.05) is 17.1 Å². The molecule has 0 spiro atoms. The van der Waals surface area contributed by atoms with Gasteiger partial charge < -0.3 is 25.3 Å². The standard InChI is InChI=1S/C29H26N4O4S/c1-16-10-11-31-23(12-16)33-28(34)27-25(30)24-19(18-13-21(35-2)26(37-4)22(14-18)36-3)15-20(32-29(24)38-27)17-8-6-5-7-9-17/h5-15H,30H2,1-4H3,(H,31,33,34). The van der Waals surface area contributed by atoms with Crippen LogP contribution in [0.2, 0.25) is 0 Å². The number of aryl methyl sites for hydroxylation is 1. The highest BCUT2D eigenvalue weighted by Gasteiger charge is 2.24. The predicted molar refractivity (Wildman–Crippen MR) is 151 cm³/mol. The van der Waals surface area contributed by atoms with Crippen LogP contribution in [0.5, 0.6) is 17.2 Å². The number of anilines is 2. The second kappa shape index (κ2) is 10.4. The van der Waals surface area contributed by atoms with Crippen molar-refractivity contribution in [2.75, 3.05) is 32.4 Å². The zero-order valence-corrected chi connectivity index (χ0v) is 22.2. The molecule has 0 radical (unpaired) electrons. The molecule has 3 N–H and O–H groups in total. The van der Waals surface area contributed by atoms with Crippen molar-refractivity contribution in [3.8, 4) is 39.6 Å². The highest BCUT2D eigenvalue weighted by Crippen LogP contribution is 2.46. The topological polar surface area (TPSA) is 109 Å². The molecule has 9 heteroatoms. The Balaban J connectivity index is 1.73. The number of carbonyl (C=O) groups excluding carboxylic acids is 1. The molecular weight excluding hydrogens is 500 g/mol. The van der Waals surface area contributed by atoms with Gasteiger partial charge in [-0.2, -0.15) is 0 Å². The molecule has 8 nitrogen and oxygen atoms in total. The third-order valence-corrected chi connectivity index (χ3v) is 7.21. The van der Waals surface area contributed by atoms with Gasteiger partial charge in [0.05, 0.1) is 32.7 Å². The van der Waals surface area contributed by atoms with E-state index in [9.17, 15) is 4.79 Å². The molecule has 0 atom stereocenters. The average molecular weight is 527 g/mol. The lowest BCUT2D eigenvalue weighted by Crippen LogP contribution is -2.13. The van der Waals surface area contributed by atoms with E-state index >= 15 is 0 Å². The maximum absolute atomic E-state index is 13.3. The Morgan fingerprint density at radius 2 is 1.63 bits per heavy atom. The monoisotopic (exact) mass is 526 g/mol. The van der Waals surface area contributed by atoms with Crippen molar-refractivity contribution >= 4 is 39.0 Å². The summed E-state index contributed by atoms with van der Waals surface area (Å²) in [5.74, 6) is 1.60. The van der Waals surface area contributed by atoms with Crippen LogP contribution >= 0.6 is 11.3 Å². The number of carbonyl (C=O) groups is 1. The van der Waals surface area contributed by atoms with E-state index in [1.165, 1.54) is 11.3 Å². The molecule has 1 amide bonds. The molecule has 0 bridgehead atoms. The van der Waals surface area contributed by atoms with Gasteiger partial charge in [0.15, 0.2) is 11.5 Å². The minimum absolute atomic E-state index is 0.339. The van der Waals surface area contributed by atoms with Gasteiger partial charge in [0.25, 0.3) is 5.91 Å². The number of nitrogen functional groups attached to an aromatic ring is 1. The van der Waals surface area contributed by atoms with Gasteiger partial charge >= 0.3 is 0 Å². The first kappa shape index (κ1) is 25.0. The zero-order chi connectivity index (χ0) is 26.8. The number of nitrogens with two attached hydrogens (primary N) is 1. The molecule has 0 aliphatic carbocycles. The summed E-state index contributed by atoms with van der Waals surface area (Å²) in [4.78, 5) is 23.4. The normalized spacial score (nSPS) is 10.8. The molecule has 0 saturated heterocycles. The molecule has 3 heterocycles. The minimum Gasteiger partial charge on any atom is -0.493 e. The largest absolute Gasteiger partial charge is 0.493 e. The van der Waals surface area contributed by atoms with Crippen molar-refractivity contribution in [3.63, 3.8) is 0 Å². The van der Waals surface area contributed by atoms with Crippen LogP contribution in [0.15, 0.2) is 66.9 Å². The van der Waals surface area contributed by atoms with Gasteiger partial charge in [-0.05, 0) is 53.9 Å². The van der Waals surface area contributed by atoms with Crippen LogP contribution in [0.25, 0.3) is 32.6 Å². The molecule has 192 valence electrons. The van der Waals surface area contributed by atoms with E-state index in [0.717, 1.165) is 27.9 Å². The van der Waals surface area contributed by atoms with Crippen molar-refractivity contribution in [1.29, 1.82) is 0 Å². The van der Waals surface area contributed by atoms with Gasteiger partial charge in [-0.25, -0.2) is 9.97 Å². The lowest BCUT2D eigenvalue weighted by atomic mass is 9.98. The maximum atomic E-state index is 13.3. The fourth-order valence-corrected chi connectivity index (χ4v) is 5.30. The number of pyridine rings is 2. The number of hydrogen-bond donors (Lipinski definition) is 2. The fourth-order valence-electron chi connectivity index (χ4n) is 4.29. The van der Waals surface area contributed by atoms with E-state index in [4.69, 9.17) is 24.9 Å². The minimum atomic E-state index is -0.347. The number of fused-ring (bicyclic) bond motifs is 1. The van der Waals surface area contributed by atoms with Crippen LogP contribution in [0.3, 0.4) is 0 Å². The zero-order valence-electron chi connectivity index (χ0n) is 21.4. The number of nitrogens with one attached hydrogen (secondary N) is 1. The van der Waals surface area contributed by atoms with Crippen molar-refractivity contribution in [2.45, 2.75) is 6.92 Å². The van der Waals surface area contributed by atoms with Crippen molar-refractivity contribution in [3.05, 3.63) is 77.3 Å². The van der Waals surface area contributed by atoms with Crippen LogP contribution in [0, 0.1) is 6.92 Å². The van der Waals surface area contributed by atoms with Gasteiger partial charge in [-0.3, -0.25) is 4.79 Å². The number of nitrogens with zero attached hydrogens (tertiary/aromatic N) is 2. The van der Waals surface area contributed by atoms with Gasteiger partial charge in [0.1, 0.15) is 15.5 Å². The summed E-state index contributed by atoms with van der Waals surface area (Å²) in [5.41, 5.74) is 11.2. The summed E-state index contributed by atoms with van der Waals surface area (Å²) in [6.07, 6.45) is 1.65. The van der Waals surface area contributed by atoms with Crippen LogP contribution in [0.1, 0.15) is 15.2 Å². The smallest absolute Gasteiger partial charge is 0.269 e. The van der Waals surface area contributed by atoms with Crippen LogP contribution < -0.4 is 25.3 Å². The molecule has 0 aliphatic rings. The van der Waals surface area contributed by atoms with Crippen molar-refractivity contribution in [2.24, 2.45) is 0 Å². The van der Waals surface area contributed by atoms with E-state index in [1.807, 2.05) is 61.5 Å². The Labute approximate surface area is 224 Å². The molecule has 0 fully saturated rings. The summed E-state index contributed by atoms with van der Waals surface area (Å²) in [7, 11) is 4.70. The molecular formula is C29H26N4O4S. The molecule has 2 aromatic carbocycles. The van der Waals surface area contributed by atoms with Crippen LogP contribution in [0.4, 0.5) is 11.5 Å². The summed E-state index contributed by atoms with van der Waals surface area (Å²) in [6, 6.07) is 19.2. The molecule has 3 aromatic heterocycles. The van der Waals surface area contributed by atoms with Crippen molar-refractivity contribution < 1.29 is 19.0 Å². The number of aromatic nitrogens is 2. The average Bonchev–Trinajstić information content (AvgIpc) is 3.28. The lowest BCUT2D eigenvalue weighted by molar-refractivity contribution is 0.103. The highest BCUT2D eigenvalue weighted by atomic mass is 32.1. The van der Waals surface area contributed by atoms with Gasteiger partial charge in [0.2, 0.25) is 5.75 Å². The molecule has 0 saturated carbocycles. The SMILES string of the molecule is COc1cc(-c2cc(-c3ccccc3)nc3sc(C(=O)Nc4cc(C)ccn4)c(N)c23)cc(OC)c1OC. The number of hydrogen-bond acceptors (Lipinski definition) is 8. The van der Waals surface area contributed by atoms with Crippen LogP contribution in [-0.4, -0.2) is 37.2 Å². The Morgan fingerprint density at radius 1 is 0.921 bits per heavy atom. The molecule has 5 rings (SSSR count). The lowest BCUT2D eigenvalue weighted by Gasteiger charge is -2.15. The highest BCUT2D eigenvalue weighted by molar-refractivity contribution is 7.21. The summed E-state index contributed by atoms with van der Waals surface area (Å²) >= 11 is 1.24. The number of rotatable bonds is 7. The molecule has 38 heavy (non-hydrogen) atoms. The van der Waals surface area contributed by atoms with E-state index < -0.39 is 0 Å². The van der Waals surface area contributed by atoms with E-state index in [-0.39, 0.29) is 5.91 Å². The quantitative estimate of drug-likeness (QED) is 0.260. The summed E-state index contributed by atoms with van der Waals surface area (Å²) in [5, 5.41) is 3.53. The molecule has 0 aliphatic heterocycles. The Bertz CT molecular complexity index is 1630. The van der Waals surface area contributed by atoms with Crippen molar-refractivity contribution in [1.82, 2.24) is 9.97 Å². The summed E-state index contributed by atoms with van der Waals surface area (Å²) < 4.78 is 16.7. The predicted octanol–water partition coefficient (Wildman–Crippen LogP) is 6.19. The van der Waals surface area contributed by atoms with E-state index in [1.54, 1.807) is 33.6 Å². The van der Waals surface area contributed by atoms with E-state index in [2.05, 4.69) is 10.3 Å². The first-order valence-electron chi connectivity index (χ1n) is 11.8. The third-order valence-electron chi connectivity index (χ3n) is 6.11. The van der Waals surface area contributed by atoms with Gasteiger partial charge in [-0.15, -0.1) is 11.3 Å². The van der Waals surface area contributed by atoms with E-state index in [0.29, 0.717) is 43.8 Å². The second-order valence-electron chi connectivity index (χ2n) is 8.53. The number of thiophene rings is 1. The van der Waals surface area contributed by atoms with Gasteiger partial charge in [-0.1, -0.05) is 30.3 Å². The fraction of sp³-hybridized carbons (Fsp3) is 0.138. The molecule has 5 aromatic rings. The second-order valence-corrected chi connectivity index (χ2v) is 9.53. The molecule has 0 unspecified atom stereocenters. The number of ether oxygens (including phenoxy) is 3. The van der Waals surface area contributed by atoms with Crippen LogP contribution in [-0.2, 0) is 0 Å². The first-order valence-corrected chi connectivity index (χ1v) is 12.6. The Hall–Kier alpha value is -4.63. The maximum Gasteiger partial charge on any atom is 0.269 e. The Kier molecular flexibility index (Phi) is 6.85.